The van der Waals surface area contributed by atoms with E-state index >= 15 is 0 Å². The third kappa shape index (κ3) is 4.46. The molecule has 7 heteroatoms. The molecule has 2 N–H and O–H groups in total. The molecular weight excluding hydrogens is 232 g/mol. The van der Waals surface area contributed by atoms with Crippen molar-refractivity contribution in [3.8, 4) is 0 Å². The first-order chi connectivity index (χ1) is 7.57. The average molecular weight is 250 g/mol. The number of carbonyl (C=O) groups is 1. The van der Waals surface area contributed by atoms with Gasteiger partial charge in [-0.15, -0.1) is 0 Å². The number of sulfone groups is 1. The predicted octanol–water partition coefficient (Wildman–Crippen LogP) is -1.79. The Bertz CT molecular complexity index is 317. The summed E-state index contributed by atoms with van der Waals surface area (Å²) in [6.45, 7) is 1.30. The van der Waals surface area contributed by atoms with Gasteiger partial charge in [0.25, 0.3) is 0 Å². The van der Waals surface area contributed by atoms with Crippen LogP contribution in [0.4, 0.5) is 0 Å². The van der Waals surface area contributed by atoms with Gasteiger partial charge in [-0.1, -0.05) is 0 Å². The molecule has 1 fully saturated rings. The molecule has 0 aromatic rings. The molecule has 0 aliphatic carbocycles. The van der Waals surface area contributed by atoms with E-state index in [0.29, 0.717) is 32.5 Å². The van der Waals surface area contributed by atoms with Gasteiger partial charge in [0, 0.05) is 25.7 Å². The molecular formula is C9H18N2O4S. The number of aliphatic hydroxyl groups excluding tert-OH is 1. The highest BCUT2D eigenvalue weighted by atomic mass is 32.2. The lowest BCUT2D eigenvalue weighted by Crippen LogP contribution is -2.38. The third-order valence-electron chi connectivity index (χ3n) is 2.60. The van der Waals surface area contributed by atoms with Gasteiger partial charge in [0.15, 0.2) is 9.84 Å². The Morgan fingerprint density at radius 1 is 1.44 bits per heavy atom. The number of nitrogens with zero attached hydrogens (tertiary/aromatic N) is 1. The second kappa shape index (κ2) is 6.17. The number of hydrogen-bond acceptors (Lipinski definition) is 5. The summed E-state index contributed by atoms with van der Waals surface area (Å²) in [7, 11) is -2.85. The summed E-state index contributed by atoms with van der Waals surface area (Å²) in [6.07, 6.45) is 1.33. The Morgan fingerprint density at radius 2 is 2.19 bits per heavy atom. The SMILES string of the molecule is O=CN(CCO)CCNC1CCS(=O)(=O)C1. The maximum atomic E-state index is 11.2. The second-order valence-corrected chi connectivity index (χ2v) is 6.15. The highest BCUT2D eigenvalue weighted by molar-refractivity contribution is 7.91. The fraction of sp³-hybridized carbons (Fsp3) is 0.889. The van der Waals surface area contributed by atoms with E-state index < -0.39 is 9.84 Å². The third-order valence-corrected chi connectivity index (χ3v) is 4.37. The minimum Gasteiger partial charge on any atom is -0.395 e. The summed E-state index contributed by atoms with van der Waals surface area (Å²) in [4.78, 5) is 12.0. The van der Waals surface area contributed by atoms with Crippen LogP contribution in [0.3, 0.4) is 0 Å². The highest BCUT2D eigenvalue weighted by Gasteiger charge is 2.27. The van der Waals surface area contributed by atoms with Crippen LogP contribution in [-0.2, 0) is 14.6 Å². The van der Waals surface area contributed by atoms with Crippen LogP contribution >= 0.6 is 0 Å². The first kappa shape index (κ1) is 13.4. The summed E-state index contributed by atoms with van der Waals surface area (Å²) in [6, 6.07) is 0.00706. The average Bonchev–Trinajstić information content (AvgIpc) is 2.57. The Morgan fingerprint density at radius 3 is 2.69 bits per heavy atom. The molecule has 0 aromatic heterocycles. The topological polar surface area (TPSA) is 86.7 Å². The normalized spacial score (nSPS) is 23.2. The van der Waals surface area contributed by atoms with Crippen LogP contribution in [-0.4, -0.2) is 68.6 Å². The van der Waals surface area contributed by atoms with Crippen molar-refractivity contribution < 1.29 is 18.3 Å². The summed E-state index contributed by atoms with van der Waals surface area (Å²) in [5, 5.41) is 11.7. The van der Waals surface area contributed by atoms with Crippen LogP contribution in [0.15, 0.2) is 0 Å². The molecule has 0 saturated carbocycles. The van der Waals surface area contributed by atoms with Gasteiger partial charge < -0.3 is 15.3 Å². The van der Waals surface area contributed by atoms with Gasteiger partial charge >= 0.3 is 0 Å². The molecule has 1 atom stereocenters. The van der Waals surface area contributed by atoms with Crippen molar-refractivity contribution in [2.24, 2.45) is 0 Å². The van der Waals surface area contributed by atoms with E-state index in [0.717, 1.165) is 0 Å². The van der Waals surface area contributed by atoms with Gasteiger partial charge in [0.05, 0.1) is 18.1 Å². The molecule has 1 rings (SSSR count). The van der Waals surface area contributed by atoms with Gasteiger partial charge in [-0.25, -0.2) is 8.42 Å². The second-order valence-electron chi connectivity index (χ2n) is 3.92. The van der Waals surface area contributed by atoms with Gasteiger partial charge in [-0.05, 0) is 6.42 Å². The van der Waals surface area contributed by atoms with Gasteiger partial charge in [0.1, 0.15) is 0 Å². The molecule has 1 heterocycles. The zero-order chi connectivity index (χ0) is 12.0. The van der Waals surface area contributed by atoms with Crippen molar-refractivity contribution in [2.45, 2.75) is 12.5 Å². The molecule has 0 bridgehead atoms. The zero-order valence-corrected chi connectivity index (χ0v) is 9.95. The number of nitrogens with one attached hydrogen (secondary N) is 1. The number of amides is 1. The molecule has 16 heavy (non-hydrogen) atoms. The van der Waals surface area contributed by atoms with Crippen molar-refractivity contribution in [3.63, 3.8) is 0 Å². The number of hydrogen-bond donors (Lipinski definition) is 2. The van der Waals surface area contributed by atoms with E-state index in [9.17, 15) is 13.2 Å². The highest BCUT2D eigenvalue weighted by Crippen LogP contribution is 2.10. The zero-order valence-electron chi connectivity index (χ0n) is 9.13. The van der Waals surface area contributed by atoms with E-state index in [-0.39, 0.29) is 24.2 Å². The summed E-state index contributed by atoms with van der Waals surface area (Å²) in [5.74, 6) is 0.437. The van der Waals surface area contributed by atoms with Crippen LogP contribution in [0.1, 0.15) is 6.42 Å². The van der Waals surface area contributed by atoms with Gasteiger partial charge in [-0.2, -0.15) is 0 Å². The monoisotopic (exact) mass is 250 g/mol. The van der Waals surface area contributed by atoms with Gasteiger partial charge in [0.2, 0.25) is 6.41 Å². The number of aliphatic hydroxyl groups is 1. The molecule has 1 aliphatic rings. The smallest absolute Gasteiger partial charge is 0.209 e. The predicted molar refractivity (Wildman–Crippen MR) is 59.8 cm³/mol. The number of rotatable bonds is 7. The maximum absolute atomic E-state index is 11.2. The lowest BCUT2D eigenvalue weighted by atomic mass is 10.2. The fourth-order valence-corrected chi connectivity index (χ4v) is 3.42. The summed E-state index contributed by atoms with van der Waals surface area (Å²) >= 11 is 0. The van der Waals surface area contributed by atoms with Crippen molar-refractivity contribution in [1.82, 2.24) is 10.2 Å². The van der Waals surface area contributed by atoms with E-state index in [1.54, 1.807) is 0 Å². The lowest BCUT2D eigenvalue weighted by molar-refractivity contribution is -0.118. The Hall–Kier alpha value is -0.660. The summed E-state index contributed by atoms with van der Waals surface area (Å²) in [5.41, 5.74) is 0. The van der Waals surface area contributed by atoms with E-state index in [2.05, 4.69) is 5.32 Å². The minimum absolute atomic E-state index is 0.00706. The summed E-state index contributed by atoms with van der Waals surface area (Å²) < 4.78 is 22.3. The first-order valence-electron chi connectivity index (χ1n) is 5.31. The maximum Gasteiger partial charge on any atom is 0.209 e. The molecule has 1 aliphatic heterocycles. The molecule has 0 aromatic carbocycles. The van der Waals surface area contributed by atoms with Crippen LogP contribution in [0, 0.1) is 0 Å². The van der Waals surface area contributed by atoms with E-state index in [4.69, 9.17) is 5.11 Å². The molecule has 1 saturated heterocycles. The Labute approximate surface area is 95.5 Å². The first-order valence-corrected chi connectivity index (χ1v) is 7.13. The quantitative estimate of drug-likeness (QED) is 0.521. The fourth-order valence-electron chi connectivity index (χ4n) is 1.71. The van der Waals surface area contributed by atoms with Crippen LogP contribution in [0.25, 0.3) is 0 Å². The molecule has 0 radical (unpaired) electrons. The molecule has 1 amide bonds. The lowest BCUT2D eigenvalue weighted by Gasteiger charge is -2.17. The molecule has 6 nitrogen and oxygen atoms in total. The molecule has 94 valence electrons. The van der Waals surface area contributed by atoms with Crippen LogP contribution in [0.5, 0.6) is 0 Å². The van der Waals surface area contributed by atoms with E-state index in [1.165, 1.54) is 4.90 Å². The Balaban J connectivity index is 2.18. The minimum atomic E-state index is -2.85. The van der Waals surface area contributed by atoms with Crippen LogP contribution in [0.2, 0.25) is 0 Å². The van der Waals surface area contributed by atoms with E-state index in [1.807, 2.05) is 0 Å². The van der Waals surface area contributed by atoms with Crippen LogP contribution < -0.4 is 5.32 Å². The Kier molecular flexibility index (Phi) is 5.17. The standard InChI is InChI=1S/C9H18N2O4S/c12-5-4-11(8-13)3-2-10-9-1-6-16(14,15)7-9/h8-10,12H,1-7H2. The number of carbonyl (C=O) groups excluding carboxylic acids is 1. The van der Waals surface area contributed by atoms with Crippen molar-refractivity contribution in [2.75, 3.05) is 37.7 Å². The van der Waals surface area contributed by atoms with Crippen molar-refractivity contribution in [1.29, 1.82) is 0 Å². The molecule has 0 spiro atoms. The van der Waals surface area contributed by atoms with Crippen molar-refractivity contribution >= 4 is 16.2 Å². The van der Waals surface area contributed by atoms with Gasteiger partial charge in [-0.3, -0.25) is 4.79 Å². The molecule has 1 unspecified atom stereocenters. The van der Waals surface area contributed by atoms with Crippen molar-refractivity contribution in [3.05, 3.63) is 0 Å². The largest absolute Gasteiger partial charge is 0.395 e.